The van der Waals surface area contributed by atoms with Crippen molar-refractivity contribution >= 4 is 29.3 Å². The van der Waals surface area contributed by atoms with Crippen LogP contribution < -0.4 is 14.8 Å². The molecule has 2 aromatic rings. The predicted molar refractivity (Wildman–Crippen MR) is 98.0 cm³/mol. The van der Waals surface area contributed by atoms with E-state index in [-0.39, 0.29) is 5.57 Å². The van der Waals surface area contributed by atoms with Crippen molar-refractivity contribution in [2.75, 3.05) is 19.5 Å². The molecule has 5 nitrogen and oxygen atoms in total. The number of hydrogen-bond donors (Lipinski definition) is 1. The van der Waals surface area contributed by atoms with Crippen molar-refractivity contribution < 1.29 is 14.3 Å². The fourth-order valence-electron chi connectivity index (χ4n) is 2.19. The molecule has 0 fully saturated rings. The molecule has 0 aliphatic carbocycles. The molecule has 25 heavy (non-hydrogen) atoms. The van der Waals surface area contributed by atoms with E-state index in [1.165, 1.54) is 13.2 Å². The van der Waals surface area contributed by atoms with Gasteiger partial charge in [-0.05, 0) is 60.5 Å². The van der Waals surface area contributed by atoms with Crippen molar-refractivity contribution in [1.29, 1.82) is 5.26 Å². The summed E-state index contributed by atoms with van der Waals surface area (Å²) in [6.07, 6.45) is 1.52. The van der Waals surface area contributed by atoms with Gasteiger partial charge < -0.3 is 14.8 Å². The minimum Gasteiger partial charge on any atom is -0.493 e. The number of methoxy groups -OCH3 is 2. The maximum atomic E-state index is 12.3. The van der Waals surface area contributed by atoms with Crippen LogP contribution in [-0.2, 0) is 4.79 Å². The largest absolute Gasteiger partial charge is 0.493 e. The third-order valence-electron chi connectivity index (χ3n) is 3.54. The average Bonchev–Trinajstić information content (AvgIpc) is 2.62. The van der Waals surface area contributed by atoms with Gasteiger partial charge in [0.25, 0.3) is 5.91 Å². The lowest BCUT2D eigenvalue weighted by Crippen LogP contribution is -2.13. The minimum absolute atomic E-state index is 0.0229. The van der Waals surface area contributed by atoms with E-state index < -0.39 is 5.91 Å². The lowest BCUT2D eigenvalue weighted by molar-refractivity contribution is -0.112. The summed E-state index contributed by atoms with van der Waals surface area (Å²) in [6, 6.07) is 12.1. The van der Waals surface area contributed by atoms with E-state index in [1.807, 2.05) is 13.0 Å². The van der Waals surface area contributed by atoms with Crippen molar-refractivity contribution in [2.24, 2.45) is 0 Å². The molecule has 6 heteroatoms. The van der Waals surface area contributed by atoms with Gasteiger partial charge in [-0.3, -0.25) is 4.79 Å². The summed E-state index contributed by atoms with van der Waals surface area (Å²) in [5.74, 6) is 0.607. The Bertz CT molecular complexity index is 852. The highest BCUT2D eigenvalue weighted by Crippen LogP contribution is 2.31. The van der Waals surface area contributed by atoms with Gasteiger partial charge in [0.05, 0.1) is 14.2 Å². The van der Waals surface area contributed by atoms with E-state index in [2.05, 4.69) is 5.32 Å². The number of nitriles is 1. The maximum Gasteiger partial charge on any atom is 0.266 e. The first-order chi connectivity index (χ1) is 12.0. The second kappa shape index (κ2) is 8.22. The van der Waals surface area contributed by atoms with Crippen molar-refractivity contribution in [3.63, 3.8) is 0 Å². The Labute approximate surface area is 151 Å². The van der Waals surface area contributed by atoms with Gasteiger partial charge in [0.1, 0.15) is 11.6 Å². The molecule has 0 bridgehead atoms. The Balaban J connectivity index is 2.32. The first kappa shape index (κ1) is 18.4. The second-order valence-electron chi connectivity index (χ2n) is 5.19. The van der Waals surface area contributed by atoms with Crippen LogP contribution in [0.25, 0.3) is 6.08 Å². The third kappa shape index (κ3) is 4.52. The summed E-state index contributed by atoms with van der Waals surface area (Å²) < 4.78 is 10.5. The fourth-order valence-corrected chi connectivity index (χ4v) is 2.31. The second-order valence-corrected chi connectivity index (χ2v) is 5.63. The van der Waals surface area contributed by atoms with Crippen molar-refractivity contribution in [1.82, 2.24) is 0 Å². The first-order valence-electron chi connectivity index (χ1n) is 7.39. The average molecular weight is 357 g/mol. The molecule has 2 aromatic carbocycles. The lowest BCUT2D eigenvalue weighted by atomic mass is 10.0. The molecule has 0 spiro atoms. The van der Waals surface area contributed by atoms with E-state index in [9.17, 15) is 10.1 Å². The summed E-state index contributed by atoms with van der Waals surface area (Å²) in [7, 11) is 3.08. The van der Waals surface area contributed by atoms with Gasteiger partial charge >= 0.3 is 0 Å². The molecule has 0 unspecified atom stereocenters. The number of nitrogens with zero attached hydrogens (tertiary/aromatic N) is 1. The Morgan fingerprint density at radius 3 is 2.32 bits per heavy atom. The van der Waals surface area contributed by atoms with Gasteiger partial charge in [-0.25, -0.2) is 0 Å². The number of carbonyl (C=O) groups is 1. The maximum absolute atomic E-state index is 12.3. The smallest absolute Gasteiger partial charge is 0.266 e. The molecule has 0 atom stereocenters. The van der Waals surface area contributed by atoms with Gasteiger partial charge in [-0.15, -0.1) is 0 Å². The molecule has 1 amide bonds. The molecular formula is C19H17ClN2O3. The number of benzene rings is 2. The lowest BCUT2D eigenvalue weighted by Gasteiger charge is -2.11. The molecule has 128 valence electrons. The SMILES string of the molecule is COc1cc(C)c(/C=C(/C#N)C(=O)Nc2ccc(Cl)cc2)cc1OC. The molecular weight excluding hydrogens is 340 g/mol. The van der Waals surface area contributed by atoms with E-state index >= 15 is 0 Å². The summed E-state index contributed by atoms with van der Waals surface area (Å²) in [5, 5.41) is 12.6. The van der Waals surface area contributed by atoms with E-state index in [1.54, 1.807) is 43.5 Å². The Kier molecular flexibility index (Phi) is 6.04. The summed E-state index contributed by atoms with van der Waals surface area (Å²) >= 11 is 5.82. The van der Waals surface area contributed by atoms with Crippen LogP contribution in [0.1, 0.15) is 11.1 Å². The zero-order valence-corrected chi connectivity index (χ0v) is 14.8. The monoisotopic (exact) mass is 356 g/mol. The van der Waals surface area contributed by atoms with Gasteiger partial charge in [0.2, 0.25) is 0 Å². The number of nitrogens with one attached hydrogen (secondary N) is 1. The third-order valence-corrected chi connectivity index (χ3v) is 3.79. The number of carbonyl (C=O) groups excluding carboxylic acids is 1. The van der Waals surface area contributed by atoms with Crippen LogP contribution >= 0.6 is 11.6 Å². The molecule has 0 radical (unpaired) electrons. The summed E-state index contributed by atoms with van der Waals surface area (Å²) in [4.78, 5) is 12.3. The van der Waals surface area contributed by atoms with Crippen LogP contribution in [0.4, 0.5) is 5.69 Å². The number of rotatable bonds is 5. The molecule has 0 heterocycles. The van der Waals surface area contributed by atoms with Crippen molar-refractivity contribution in [2.45, 2.75) is 6.92 Å². The quantitative estimate of drug-likeness (QED) is 0.643. The molecule has 1 N–H and O–H groups in total. The van der Waals surface area contributed by atoms with E-state index in [4.69, 9.17) is 21.1 Å². The van der Waals surface area contributed by atoms with Crippen molar-refractivity contribution in [3.05, 3.63) is 58.1 Å². The first-order valence-corrected chi connectivity index (χ1v) is 7.77. The van der Waals surface area contributed by atoms with Gasteiger partial charge in [-0.2, -0.15) is 5.26 Å². The number of aryl methyl sites for hydroxylation is 1. The molecule has 0 aromatic heterocycles. The highest BCUT2D eigenvalue weighted by molar-refractivity contribution is 6.30. The highest BCUT2D eigenvalue weighted by Gasteiger charge is 2.12. The van der Waals surface area contributed by atoms with Crippen molar-refractivity contribution in [3.8, 4) is 17.6 Å². The standard InChI is InChI=1S/C19H17ClN2O3/c1-12-8-17(24-2)18(25-3)10-13(12)9-14(11-21)19(23)22-16-6-4-15(20)5-7-16/h4-10H,1-3H3,(H,22,23)/b14-9-. The number of hydrogen-bond acceptors (Lipinski definition) is 4. The van der Waals surface area contributed by atoms with Gasteiger partial charge in [0, 0.05) is 10.7 Å². The summed E-state index contributed by atoms with van der Waals surface area (Å²) in [6.45, 7) is 1.86. The van der Waals surface area contributed by atoms with Gasteiger partial charge in [0.15, 0.2) is 11.5 Å². The van der Waals surface area contributed by atoms with Crippen LogP contribution in [0.15, 0.2) is 42.0 Å². The normalized spacial score (nSPS) is 10.8. The molecule has 2 rings (SSSR count). The van der Waals surface area contributed by atoms with Crippen LogP contribution in [-0.4, -0.2) is 20.1 Å². The highest BCUT2D eigenvalue weighted by atomic mass is 35.5. The number of anilines is 1. The summed E-state index contributed by atoms with van der Waals surface area (Å²) in [5.41, 5.74) is 2.08. The molecule has 0 saturated carbocycles. The number of ether oxygens (including phenoxy) is 2. The van der Waals surface area contributed by atoms with Gasteiger partial charge in [-0.1, -0.05) is 11.6 Å². The Morgan fingerprint density at radius 2 is 1.76 bits per heavy atom. The number of halogens is 1. The zero-order chi connectivity index (χ0) is 18.4. The molecule has 0 aliphatic heterocycles. The van der Waals surface area contributed by atoms with Crippen LogP contribution in [0.3, 0.4) is 0 Å². The predicted octanol–water partition coefficient (Wildman–Crippen LogP) is 4.21. The minimum atomic E-state index is -0.501. The Hall–Kier alpha value is -2.97. The Morgan fingerprint density at radius 1 is 1.16 bits per heavy atom. The van der Waals surface area contributed by atoms with Crippen LogP contribution in [0.2, 0.25) is 5.02 Å². The zero-order valence-electron chi connectivity index (χ0n) is 14.1. The van der Waals surface area contributed by atoms with E-state index in [0.717, 1.165) is 5.56 Å². The van der Waals surface area contributed by atoms with E-state index in [0.29, 0.717) is 27.8 Å². The fraction of sp³-hybridized carbons (Fsp3) is 0.158. The number of amides is 1. The molecule has 0 aliphatic rings. The topological polar surface area (TPSA) is 71.3 Å². The van der Waals surface area contributed by atoms with Crippen LogP contribution in [0, 0.1) is 18.3 Å². The molecule has 0 saturated heterocycles. The van der Waals surface area contributed by atoms with Crippen LogP contribution in [0.5, 0.6) is 11.5 Å².